The Bertz CT molecular complexity index is 372. The highest BCUT2D eigenvalue weighted by molar-refractivity contribution is 5.29. The molecule has 2 rings (SSSR count). The van der Waals surface area contributed by atoms with E-state index in [9.17, 15) is 8.78 Å². The maximum absolute atomic E-state index is 14.1. The van der Waals surface area contributed by atoms with Crippen LogP contribution in [0.2, 0.25) is 0 Å². The average Bonchev–Trinajstić information content (AvgIpc) is 2.39. The Kier molecular flexibility index (Phi) is 4.17. The second kappa shape index (κ2) is 5.65. The van der Waals surface area contributed by atoms with Gasteiger partial charge in [-0.2, -0.15) is 0 Å². The Morgan fingerprint density at radius 1 is 1.22 bits per heavy atom. The number of hydrogen-bond donors (Lipinski definition) is 1. The van der Waals surface area contributed by atoms with Gasteiger partial charge in [-0.05, 0) is 56.1 Å². The molecule has 0 atom stereocenters. The smallest absolute Gasteiger partial charge is 0.273 e. The number of ether oxygens (including phenoxy) is 1. The van der Waals surface area contributed by atoms with Gasteiger partial charge in [-0.25, -0.2) is 8.78 Å². The highest BCUT2D eigenvalue weighted by atomic mass is 19.3. The molecule has 1 N–H and O–H groups in total. The second-order valence-corrected chi connectivity index (χ2v) is 4.83. The van der Waals surface area contributed by atoms with E-state index in [-0.39, 0.29) is 17.9 Å². The molecule has 0 spiro atoms. The van der Waals surface area contributed by atoms with Gasteiger partial charge in [0.2, 0.25) is 0 Å². The van der Waals surface area contributed by atoms with Crippen molar-refractivity contribution in [3.05, 3.63) is 29.8 Å². The Hall–Kier alpha value is -1.16. The van der Waals surface area contributed by atoms with Gasteiger partial charge in [0.1, 0.15) is 5.75 Å². The van der Waals surface area contributed by atoms with Crippen LogP contribution in [-0.2, 0) is 5.92 Å². The minimum atomic E-state index is -2.74. The zero-order valence-electron chi connectivity index (χ0n) is 10.6. The topological polar surface area (TPSA) is 21.3 Å². The van der Waals surface area contributed by atoms with Gasteiger partial charge < -0.3 is 10.1 Å². The van der Waals surface area contributed by atoms with Crippen LogP contribution in [0.25, 0.3) is 0 Å². The van der Waals surface area contributed by atoms with Crippen LogP contribution in [-0.4, -0.2) is 20.2 Å². The number of piperidine rings is 1. The molecule has 0 saturated carbocycles. The van der Waals surface area contributed by atoms with Crippen molar-refractivity contribution in [3.63, 3.8) is 0 Å². The molecule has 1 fully saturated rings. The molecular weight excluding hydrogens is 236 g/mol. The largest absolute Gasteiger partial charge is 0.497 e. The number of nitrogens with one attached hydrogen (secondary N) is 1. The van der Waals surface area contributed by atoms with Gasteiger partial charge in [-0.3, -0.25) is 0 Å². The molecule has 18 heavy (non-hydrogen) atoms. The van der Waals surface area contributed by atoms with Crippen molar-refractivity contribution in [1.29, 1.82) is 0 Å². The minimum Gasteiger partial charge on any atom is -0.497 e. The fourth-order valence-corrected chi connectivity index (χ4v) is 2.40. The van der Waals surface area contributed by atoms with Gasteiger partial charge in [0, 0.05) is 12.0 Å². The lowest BCUT2D eigenvalue weighted by atomic mass is 9.89. The van der Waals surface area contributed by atoms with E-state index in [4.69, 9.17) is 4.74 Å². The first kappa shape index (κ1) is 13.3. The van der Waals surface area contributed by atoms with Crippen LogP contribution in [0.4, 0.5) is 8.78 Å². The van der Waals surface area contributed by atoms with Gasteiger partial charge in [-0.15, -0.1) is 0 Å². The molecule has 0 radical (unpaired) electrons. The molecule has 0 amide bonds. The molecule has 0 bridgehead atoms. The zero-order valence-corrected chi connectivity index (χ0v) is 10.6. The first-order valence-electron chi connectivity index (χ1n) is 6.35. The Labute approximate surface area is 106 Å². The fourth-order valence-electron chi connectivity index (χ4n) is 2.40. The number of rotatable bonds is 4. The van der Waals surface area contributed by atoms with Crippen molar-refractivity contribution < 1.29 is 13.5 Å². The first-order chi connectivity index (χ1) is 8.62. The number of halogens is 2. The lowest BCUT2D eigenvalue weighted by Gasteiger charge is -2.27. The first-order valence-corrected chi connectivity index (χ1v) is 6.35. The number of alkyl halides is 2. The van der Waals surface area contributed by atoms with Crippen molar-refractivity contribution in [2.45, 2.75) is 25.2 Å². The highest BCUT2D eigenvalue weighted by Crippen LogP contribution is 2.37. The summed E-state index contributed by atoms with van der Waals surface area (Å²) in [6.07, 6.45) is 1.62. The standard InChI is InChI=1S/C14H19F2NO/c1-18-13-4-2-12(3-5-13)14(15,16)10-11-6-8-17-9-7-11/h2-5,11,17H,6-10H2,1H3. The molecule has 2 nitrogen and oxygen atoms in total. The summed E-state index contributed by atoms with van der Waals surface area (Å²) in [5.74, 6) is -2.02. The van der Waals surface area contributed by atoms with Gasteiger partial charge in [0.25, 0.3) is 5.92 Å². The number of hydrogen-bond acceptors (Lipinski definition) is 2. The summed E-state index contributed by atoms with van der Waals surface area (Å²) >= 11 is 0. The van der Waals surface area contributed by atoms with E-state index in [1.165, 1.54) is 19.2 Å². The third-order valence-electron chi connectivity index (χ3n) is 3.52. The predicted octanol–water partition coefficient (Wildman–Crippen LogP) is 3.18. The predicted molar refractivity (Wildman–Crippen MR) is 67.1 cm³/mol. The summed E-state index contributed by atoms with van der Waals surface area (Å²) in [5.41, 5.74) is 0.0850. The van der Waals surface area contributed by atoms with Crippen molar-refractivity contribution in [1.82, 2.24) is 5.32 Å². The Balaban J connectivity index is 2.03. The number of methoxy groups -OCH3 is 1. The molecule has 4 heteroatoms. The lowest BCUT2D eigenvalue weighted by Crippen LogP contribution is -2.30. The molecule has 100 valence electrons. The Morgan fingerprint density at radius 3 is 2.39 bits per heavy atom. The van der Waals surface area contributed by atoms with Crippen molar-refractivity contribution >= 4 is 0 Å². The van der Waals surface area contributed by atoms with E-state index in [0.717, 1.165) is 25.9 Å². The summed E-state index contributed by atoms with van der Waals surface area (Å²) < 4.78 is 33.2. The molecular formula is C14H19F2NO. The van der Waals surface area contributed by atoms with Crippen LogP contribution in [0.1, 0.15) is 24.8 Å². The van der Waals surface area contributed by atoms with Gasteiger partial charge in [-0.1, -0.05) is 0 Å². The van der Waals surface area contributed by atoms with E-state index >= 15 is 0 Å². The summed E-state index contributed by atoms with van der Waals surface area (Å²) in [5, 5.41) is 3.19. The van der Waals surface area contributed by atoms with Crippen LogP contribution < -0.4 is 10.1 Å². The third kappa shape index (κ3) is 3.19. The molecule has 0 aromatic heterocycles. The summed E-state index contributed by atoms with van der Waals surface area (Å²) in [6, 6.07) is 6.09. The van der Waals surface area contributed by atoms with E-state index in [1.54, 1.807) is 12.1 Å². The van der Waals surface area contributed by atoms with Gasteiger partial charge in [0.05, 0.1) is 7.11 Å². The SMILES string of the molecule is COc1ccc(C(F)(F)CC2CCNCC2)cc1. The highest BCUT2D eigenvalue weighted by Gasteiger charge is 2.34. The van der Waals surface area contributed by atoms with Crippen molar-refractivity contribution in [3.8, 4) is 5.75 Å². The van der Waals surface area contributed by atoms with Crippen LogP contribution in [0.5, 0.6) is 5.75 Å². The summed E-state index contributed by atoms with van der Waals surface area (Å²) in [7, 11) is 1.53. The maximum Gasteiger partial charge on any atom is 0.273 e. The third-order valence-corrected chi connectivity index (χ3v) is 3.52. The molecule has 0 unspecified atom stereocenters. The van der Waals surface area contributed by atoms with Crippen LogP contribution >= 0.6 is 0 Å². The molecule has 1 saturated heterocycles. The average molecular weight is 255 g/mol. The Morgan fingerprint density at radius 2 is 1.83 bits per heavy atom. The second-order valence-electron chi connectivity index (χ2n) is 4.83. The number of benzene rings is 1. The van der Waals surface area contributed by atoms with Crippen molar-refractivity contribution in [2.75, 3.05) is 20.2 Å². The van der Waals surface area contributed by atoms with E-state index in [1.807, 2.05) is 0 Å². The lowest BCUT2D eigenvalue weighted by molar-refractivity contribution is -0.0326. The normalized spacial score (nSPS) is 17.7. The van der Waals surface area contributed by atoms with E-state index in [2.05, 4.69) is 5.32 Å². The summed E-state index contributed by atoms with van der Waals surface area (Å²) in [6.45, 7) is 1.70. The quantitative estimate of drug-likeness (QED) is 0.892. The van der Waals surface area contributed by atoms with Gasteiger partial charge in [0.15, 0.2) is 0 Å². The minimum absolute atomic E-state index is 0.0546. The molecule has 1 aromatic rings. The molecule has 1 heterocycles. The van der Waals surface area contributed by atoms with Crippen LogP contribution in [0.3, 0.4) is 0 Å². The maximum atomic E-state index is 14.1. The molecule has 0 aliphatic carbocycles. The van der Waals surface area contributed by atoms with Gasteiger partial charge >= 0.3 is 0 Å². The zero-order chi connectivity index (χ0) is 13.0. The molecule has 1 aliphatic heterocycles. The van der Waals surface area contributed by atoms with Crippen molar-refractivity contribution in [2.24, 2.45) is 5.92 Å². The molecule has 1 aromatic carbocycles. The van der Waals surface area contributed by atoms with E-state index in [0.29, 0.717) is 5.75 Å². The monoisotopic (exact) mass is 255 g/mol. The molecule has 1 aliphatic rings. The van der Waals surface area contributed by atoms with Crippen LogP contribution in [0.15, 0.2) is 24.3 Å². The van der Waals surface area contributed by atoms with Crippen LogP contribution in [0, 0.1) is 5.92 Å². The fraction of sp³-hybridized carbons (Fsp3) is 0.571. The van der Waals surface area contributed by atoms with E-state index < -0.39 is 5.92 Å². The summed E-state index contributed by atoms with van der Waals surface area (Å²) in [4.78, 5) is 0.